The fourth-order valence-corrected chi connectivity index (χ4v) is 3.26. The number of esters is 2. The first-order valence-corrected chi connectivity index (χ1v) is 10.8. The van der Waals surface area contributed by atoms with Gasteiger partial charge in [-0.3, -0.25) is 9.59 Å². The van der Waals surface area contributed by atoms with E-state index in [0.717, 1.165) is 0 Å². The van der Waals surface area contributed by atoms with Crippen molar-refractivity contribution >= 4 is 18.2 Å². The zero-order valence-electron chi connectivity index (χ0n) is 21.2. The number of hydrogen-bond acceptors (Lipinski definition) is 8. The highest BCUT2D eigenvalue weighted by atomic mass is 16.6. The molecule has 1 aliphatic rings. The Kier molecular flexibility index (Phi) is 7.21. The van der Waals surface area contributed by atoms with E-state index in [1.807, 2.05) is 20.8 Å². The highest BCUT2D eigenvalue weighted by molar-refractivity contribution is 6.01. The number of methoxy groups -OCH3 is 1. The van der Waals surface area contributed by atoms with Crippen LogP contribution in [0.3, 0.4) is 0 Å². The molecule has 0 radical (unpaired) electrons. The predicted octanol–water partition coefficient (Wildman–Crippen LogP) is 4.27. The van der Waals surface area contributed by atoms with Crippen LogP contribution in [-0.4, -0.2) is 42.1 Å². The van der Waals surface area contributed by atoms with E-state index in [4.69, 9.17) is 18.9 Å². The summed E-state index contributed by atoms with van der Waals surface area (Å²) >= 11 is 0. The number of aldehydes is 1. The topological polar surface area (TPSA) is 100 Å². The van der Waals surface area contributed by atoms with Crippen molar-refractivity contribution in [3.8, 4) is 11.5 Å². The number of ether oxygens (including phenoxy) is 4. The molecule has 33 heavy (non-hydrogen) atoms. The van der Waals surface area contributed by atoms with Gasteiger partial charge in [0.1, 0.15) is 34.2 Å². The molecule has 0 fully saturated rings. The molecule has 1 aromatic rings. The Labute approximate surface area is 195 Å². The third kappa shape index (κ3) is 6.49. The molecule has 1 aromatic carbocycles. The lowest BCUT2D eigenvalue weighted by atomic mass is 9.86. The summed E-state index contributed by atoms with van der Waals surface area (Å²) < 4.78 is 22.9. The average Bonchev–Trinajstić information content (AvgIpc) is 2.61. The molecule has 0 spiro atoms. The summed E-state index contributed by atoms with van der Waals surface area (Å²) in [5.41, 5.74) is -1.82. The van der Waals surface area contributed by atoms with Gasteiger partial charge in [0.15, 0.2) is 6.29 Å². The molecule has 182 valence electrons. The molecule has 2 rings (SSSR count). The third-order valence-electron chi connectivity index (χ3n) is 4.31. The van der Waals surface area contributed by atoms with Gasteiger partial charge in [-0.05, 0) is 74.4 Å². The first-order chi connectivity index (χ1) is 15.0. The Balaban J connectivity index is 2.89. The molecule has 8 heteroatoms. The van der Waals surface area contributed by atoms with Crippen LogP contribution in [0.15, 0.2) is 23.6 Å². The SMILES string of the molecule is COc1ccc(C=O)c2c1C(C(=O)OC(C)(C)C)C(C(=O)OC(C)(C)C)=C(NC(C)(C)C)O2. The van der Waals surface area contributed by atoms with Crippen molar-refractivity contribution in [2.24, 2.45) is 0 Å². The molecule has 1 atom stereocenters. The van der Waals surface area contributed by atoms with Crippen LogP contribution >= 0.6 is 0 Å². The summed E-state index contributed by atoms with van der Waals surface area (Å²) in [7, 11) is 1.43. The maximum Gasteiger partial charge on any atom is 0.341 e. The molecular formula is C25H35NO7. The number of benzene rings is 1. The van der Waals surface area contributed by atoms with Crippen LogP contribution in [0.5, 0.6) is 11.5 Å². The van der Waals surface area contributed by atoms with Gasteiger partial charge in [-0.2, -0.15) is 0 Å². The Morgan fingerprint density at radius 2 is 1.55 bits per heavy atom. The number of nitrogens with one attached hydrogen (secondary N) is 1. The fraction of sp³-hybridized carbons (Fsp3) is 0.560. The Morgan fingerprint density at radius 1 is 0.970 bits per heavy atom. The molecule has 0 aromatic heterocycles. The summed E-state index contributed by atoms with van der Waals surface area (Å²) in [4.78, 5) is 38.8. The number of hydrogen-bond donors (Lipinski definition) is 1. The van der Waals surface area contributed by atoms with E-state index in [0.29, 0.717) is 6.29 Å². The molecule has 1 unspecified atom stereocenters. The number of rotatable bonds is 5. The number of fused-ring (bicyclic) bond motifs is 1. The normalized spacial score (nSPS) is 16.4. The fourth-order valence-electron chi connectivity index (χ4n) is 3.26. The second-order valence-electron chi connectivity index (χ2n) is 10.9. The van der Waals surface area contributed by atoms with E-state index >= 15 is 0 Å². The average molecular weight is 462 g/mol. The van der Waals surface area contributed by atoms with E-state index in [-0.39, 0.29) is 34.1 Å². The standard InChI is InChI=1S/C25H35NO7/c1-23(2,3)26-20-18(22(29)33-25(7,8)9)17(21(28)32-24(4,5)6)16-15(30-10)12-11-14(13-27)19(16)31-20/h11-13,17,26H,1-10H3. The highest BCUT2D eigenvalue weighted by Gasteiger charge is 2.46. The van der Waals surface area contributed by atoms with Gasteiger partial charge in [0.25, 0.3) is 0 Å². The van der Waals surface area contributed by atoms with Crippen molar-refractivity contribution in [2.75, 3.05) is 7.11 Å². The van der Waals surface area contributed by atoms with Crippen LogP contribution in [0.25, 0.3) is 0 Å². The van der Waals surface area contributed by atoms with Crippen molar-refractivity contribution in [2.45, 2.75) is 85.0 Å². The van der Waals surface area contributed by atoms with Gasteiger partial charge in [0, 0.05) is 5.54 Å². The Bertz CT molecular complexity index is 972. The zero-order chi connectivity index (χ0) is 25.4. The molecule has 1 aliphatic heterocycles. The summed E-state index contributed by atoms with van der Waals surface area (Å²) in [5, 5.41) is 3.14. The first-order valence-electron chi connectivity index (χ1n) is 10.8. The second kappa shape index (κ2) is 9.08. The van der Waals surface area contributed by atoms with Gasteiger partial charge >= 0.3 is 11.9 Å². The Hall–Kier alpha value is -3.03. The monoisotopic (exact) mass is 461 g/mol. The predicted molar refractivity (Wildman–Crippen MR) is 123 cm³/mol. The molecule has 1 N–H and O–H groups in total. The minimum Gasteiger partial charge on any atom is -0.496 e. The summed E-state index contributed by atoms with van der Waals surface area (Å²) in [6, 6.07) is 3.09. The van der Waals surface area contributed by atoms with E-state index in [2.05, 4.69) is 5.32 Å². The first kappa shape index (κ1) is 26.2. The molecule has 0 amide bonds. The van der Waals surface area contributed by atoms with Crippen molar-refractivity contribution in [3.05, 3.63) is 34.7 Å². The van der Waals surface area contributed by atoms with Gasteiger partial charge in [-0.1, -0.05) is 0 Å². The smallest absolute Gasteiger partial charge is 0.341 e. The van der Waals surface area contributed by atoms with E-state index in [1.165, 1.54) is 13.2 Å². The molecule has 0 aliphatic carbocycles. The van der Waals surface area contributed by atoms with E-state index in [1.54, 1.807) is 47.6 Å². The summed E-state index contributed by atoms with van der Waals surface area (Å²) in [5.74, 6) is -2.25. The molecule has 8 nitrogen and oxygen atoms in total. The van der Waals surface area contributed by atoms with Gasteiger partial charge in [0.05, 0.1) is 18.2 Å². The quantitative estimate of drug-likeness (QED) is 0.513. The summed E-state index contributed by atoms with van der Waals surface area (Å²) in [6.07, 6.45) is 0.623. The number of carbonyl (C=O) groups excluding carboxylic acids is 3. The van der Waals surface area contributed by atoms with Crippen LogP contribution in [0.2, 0.25) is 0 Å². The van der Waals surface area contributed by atoms with Gasteiger partial charge in [-0.25, -0.2) is 4.79 Å². The van der Waals surface area contributed by atoms with Gasteiger partial charge in [0.2, 0.25) is 5.88 Å². The summed E-state index contributed by atoms with van der Waals surface area (Å²) in [6.45, 7) is 16.0. The molecular weight excluding hydrogens is 426 g/mol. The second-order valence-corrected chi connectivity index (χ2v) is 10.9. The number of carbonyl (C=O) groups is 3. The minimum absolute atomic E-state index is 0.0245. The Morgan fingerprint density at radius 3 is 2.00 bits per heavy atom. The van der Waals surface area contributed by atoms with Crippen molar-refractivity contribution in [1.82, 2.24) is 5.32 Å². The minimum atomic E-state index is -1.25. The lowest BCUT2D eigenvalue weighted by molar-refractivity contribution is -0.160. The maximum atomic E-state index is 13.5. The van der Waals surface area contributed by atoms with Crippen LogP contribution in [-0.2, 0) is 19.1 Å². The lowest BCUT2D eigenvalue weighted by Crippen LogP contribution is -2.43. The van der Waals surface area contributed by atoms with Crippen molar-refractivity contribution < 1.29 is 33.3 Å². The van der Waals surface area contributed by atoms with Crippen LogP contribution in [0, 0.1) is 0 Å². The molecule has 0 saturated heterocycles. The van der Waals surface area contributed by atoms with Crippen LogP contribution in [0.4, 0.5) is 0 Å². The maximum absolute atomic E-state index is 13.5. The highest BCUT2D eigenvalue weighted by Crippen LogP contribution is 2.47. The largest absolute Gasteiger partial charge is 0.496 e. The molecule has 0 saturated carbocycles. The van der Waals surface area contributed by atoms with Crippen LogP contribution < -0.4 is 14.8 Å². The zero-order valence-corrected chi connectivity index (χ0v) is 21.2. The third-order valence-corrected chi connectivity index (χ3v) is 4.31. The van der Waals surface area contributed by atoms with Crippen molar-refractivity contribution in [1.29, 1.82) is 0 Å². The van der Waals surface area contributed by atoms with Crippen molar-refractivity contribution in [3.63, 3.8) is 0 Å². The molecule has 0 bridgehead atoms. The van der Waals surface area contributed by atoms with E-state index < -0.39 is 34.6 Å². The van der Waals surface area contributed by atoms with Gasteiger partial charge < -0.3 is 24.3 Å². The van der Waals surface area contributed by atoms with Crippen LogP contribution in [0.1, 0.15) is 84.2 Å². The lowest BCUT2D eigenvalue weighted by Gasteiger charge is -2.35. The van der Waals surface area contributed by atoms with E-state index in [9.17, 15) is 14.4 Å². The molecule has 1 heterocycles. The van der Waals surface area contributed by atoms with Gasteiger partial charge in [-0.15, -0.1) is 0 Å².